The second-order valence-corrected chi connectivity index (χ2v) is 6.38. The van der Waals surface area contributed by atoms with Gasteiger partial charge in [-0.3, -0.25) is 9.97 Å². The molecule has 3 aromatic rings. The van der Waals surface area contributed by atoms with E-state index in [4.69, 9.17) is 10.7 Å². The van der Waals surface area contributed by atoms with Crippen LogP contribution in [0.25, 0.3) is 22.0 Å². The molecular formula is C20H20N4. The van der Waals surface area contributed by atoms with Crippen LogP contribution in [0.15, 0.2) is 48.8 Å². The van der Waals surface area contributed by atoms with Crippen LogP contribution in [0, 0.1) is 17.2 Å². The first-order valence-electron chi connectivity index (χ1n) is 8.10. The molecule has 0 aliphatic heterocycles. The van der Waals surface area contributed by atoms with E-state index in [1.54, 1.807) is 12.4 Å². The van der Waals surface area contributed by atoms with Gasteiger partial charge in [-0.15, -0.1) is 0 Å². The summed E-state index contributed by atoms with van der Waals surface area (Å²) < 4.78 is 0. The monoisotopic (exact) mass is 316 g/mol. The molecule has 2 heterocycles. The number of benzene rings is 1. The Balaban J connectivity index is 2.23. The first-order chi connectivity index (χ1) is 11.6. The van der Waals surface area contributed by atoms with Gasteiger partial charge in [0.1, 0.15) is 0 Å². The van der Waals surface area contributed by atoms with E-state index in [2.05, 4.69) is 24.9 Å². The number of aromatic nitrogens is 2. The number of nitrogens with two attached hydrogens (primary N) is 1. The molecule has 0 spiro atoms. The molecule has 24 heavy (non-hydrogen) atoms. The van der Waals surface area contributed by atoms with Gasteiger partial charge in [0, 0.05) is 29.4 Å². The zero-order chi connectivity index (χ0) is 17.1. The lowest BCUT2D eigenvalue weighted by atomic mass is 9.96. The Morgan fingerprint density at radius 3 is 2.58 bits per heavy atom. The van der Waals surface area contributed by atoms with Gasteiger partial charge in [-0.05, 0) is 36.1 Å². The Hall–Kier alpha value is -2.77. The highest BCUT2D eigenvalue weighted by molar-refractivity contribution is 5.96. The number of pyridine rings is 2. The van der Waals surface area contributed by atoms with Crippen LogP contribution in [0.3, 0.4) is 0 Å². The highest BCUT2D eigenvalue weighted by Gasteiger charge is 2.15. The number of rotatable bonds is 4. The molecule has 0 unspecified atom stereocenters. The van der Waals surface area contributed by atoms with Crippen LogP contribution in [0.4, 0.5) is 0 Å². The fourth-order valence-electron chi connectivity index (χ4n) is 2.94. The normalized spacial score (nSPS) is 12.3. The Morgan fingerprint density at radius 2 is 1.92 bits per heavy atom. The van der Waals surface area contributed by atoms with Crippen molar-refractivity contribution in [2.45, 2.75) is 26.3 Å². The summed E-state index contributed by atoms with van der Waals surface area (Å²) in [6.45, 7) is 4.27. The molecule has 0 amide bonds. The summed E-state index contributed by atoms with van der Waals surface area (Å²) >= 11 is 0. The second kappa shape index (κ2) is 6.77. The molecule has 1 aromatic carbocycles. The largest absolute Gasteiger partial charge is 0.323 e. The van der Waals surface area contributed by atoms with Crippen molar-refractivity contribution in [3.05, 3.63) is 60.0 Å². The van der Waals surface area contributed by atoms with Gasteiger partial charge in [-0.25, -0.2) is 0 Å². The van der Waals surface area contributed by atoms with Gasteiger partial charge in [0.25, 0.3) is 0 Å². The lowest BCUT2D eigenvalue weighted by Crippen LogP contribution is -2.15. The van der Waals surface area contributed by atoms with E-state index in [0.29, 0.717) is 11.5 Å². The van der Waals surface area contributed by atoms with Gasteiger partial charge in [0.15, 0.2) is 0 Å². The van der Waals surface area contributed by atoms with Crippen LogP contribution in [-0.2, 0) is 0 Å². The minimum absolute atomic E-state index is 0.174. The van der Waals surface area contributed by atoms with Crippen molar-refractivity contribution in [3.8, 4) is 17.2 Å². The molecule has 0 aliphatic rings. The third kappa shape index (κ3) is 3.12. The van der Waals surface area contributed by atoms with Crippen molar-refractivity contribution in [2.75, 3.05) is 0 Å². The van der Waals surface area contributed by atoms with Crippen molar-refractivity contribution >= 4 is 10.9 Å². The maximum Gasteiger partial charge on any atom is 0.0999 e. The third-order valence-electron chi connectivity index (χ3n) is 4.08. The molecule has 120 valence electrons. The quantitative estimate of drug-likeness (QED) is 0.782. The molecule has 0 fully saturated rings. The number of hydrogen-bond acceptors (Lipinski definition) is 4. The van der Waals surface area contributed by atoms with E-state index in [-0.39, 0.29) is 6.04 Å². The average Bonchev–Trinajstić information content (AvgIpc) is 2.60. The molecule has 2 N–H and O–H groups in total. The first kappa shape index (κ1) is 16.1. The number of fused-ring (bicyclic) bond motifs is 1. The minimum atomic E-state index is -0.174. The molecule has 2 aromatic heterocycles. The zero-order valence-electron chi connectivity index (χ0n) is 13.9. The molecule has 4 heteroatoms. The minimum Gasteiger partial charge on any atom is -0.323 e. The van der Waals surface area contributed by atoms with Crippen molar-refractivity contribution < 1.29 is 0 Å². The summed E-state index contributed by atoms with van der Waals surface area (Å²) in [7, 11) is 0. The van der Waals surface area contributed by atoms with Crippen LogP contribution < -0.4 is 5.73 Å². The van der Waals surface area contributed by atoms with Gasteiger partial charge in [0.2, 0.25) is 0 Å². The Kier molecular flexibility index (Phi) is 4.54. The summed E-state index contributed by atoms with van der Waals surface area (Å²) in [5, 5.41) is 10.4. The van der Waals surface area contributed by atoms with Crippen LogP contribution in [0.5, 0.6) is 0 Å². The SMILES string of the molecule is CC(C)C[C@H](N)c1cc(C#N)c2cccc(-c3ccncc3)c2n1. The predicted octanol–water partition coefficient (Wildman–Crippen LogP) is 4.21. The van der Waals surface area contributed by atoms with Crippen molar-refractivity contribution in [1.29, 1.82) is 5.26 Å². The van der Waals surface area contributed by atoms with E-state index in [1.807, 2.05) is 36.4 Å². The Bertz CT molecular complexity index is 895. The highest BCUT2D eigenvalue weighted by Crippen LogP contribution is 2.30. The number of nitriles is 1. The molecule has 4 nitrogen and oxygen atoms in total. The Morgan fingerprint density at radius 1 is 1.17 bits per heavy atom. The molecular weight excluding hydrogens is 296 g/mol. The first-order valence-corrected chi connectivity index (χ1v) is 8.10. The maximum atomic E-state index is 9.56. The summed E-state index contributed by atoms with van der Waals surface area (Å²) in [4.78, 5) is 8.89. The smallest absolute Gasteiger partial charge is 0.0999 e. The average molecular weight is 316 g/mol. The highest BCUT2D eigenvalue weighted by atomic mass is 14.8. The van der Waals surface area contributed by atoms with Crippen LogP contribution in [-0.4, -0.2) is 9.97 Å². The van der Waals surface area contributed by atoms with E-state index in [0.717, 1.165) is 34.1 Å². The maximum absolute atomic E-state index is 9.56. The molecule has 0 saturated heterocycles. The van der Waals surface area contributed by atoms with Gasteiger partial charge < -0.3 is 5.73 Å². The van der Waals surface area contributed by atoms with E-state index in [1.165, 1.54) is 0 Å². The molecule has 0 bridgehead atoms. The molecule has 3 rings (SSSR count). The van der Waals surface area contributed by atoms with Crippen LogP contribution >= 0.6 is 0 Å². The van der Waals surface area contributed by atoms with Crippen molar-refractivity contribution in [3.63, 3.8) is 0 Å². The van der Waals surface area contributed by atoms with Crippen LogP contribution in [0.2, 0.25) is 0 Å². The molecule has 0 saturated carbocycles. The summed E-state index contributed by atoms with van der Waals surface area (Å²) in [5.41, 5.74) is 10.5. The van der Waals surface area contributed by atoms with Crippen molar-refractivity contribution in [1.82, 2.24) is 9.97 Å². The third-order valence-corrected chi connectivity index (χ3v) is 4.08. The lowest BCUT2D eigenvalue weighted by Gasteiger charge is -2.16. The number of para-hydroxylation sites is 1. The molecule has 0 aliphatic carbocycles. The lowest BCUT2D eigenvalue weighted by molar-refractivity contribution is 0.503. The Labute approximate surface area is 142 Å². The van der Waals surface area contributed by atoms with Crippen LogP contribution in [0.1, 0.15) is 37.6 Å². The van der Waals surface area contributed by atoms with Crippen molar-refractivity contribution in [2.24, 2.45) is 11.7 Å². The fourth-order valence-corrected chi connectivity index (χ4v) is 2.94. The summed E-state index contributed by atoms with van der Waals surface area (Å²) in [5.74, 6) is 0.471. The number of hydrogen-bond donors (Lipinski definition) is 1. The number of nitrogens with zero attached hydrogens (tertiary/aromatic N) is 3. The molecule has 1 atom stereocenters. The van der Waals surface area contributed by atoms with Gasteiger partial charge in [-0.1, -0.05) is 32.0 Å². The standard InChI is InChI=1S/C20H20N4/c1-13(2)10-18(22)19-11-15(12-21)17-5-3-4-16(20(17)24-19)14-6-8-23-9-7-14/h3-9,11,13,18H,10,22H2,1-2H3/t18-/m0/s1. The molecule has 0 radical (unpaired) electrons. The van der Waals surface area contributed by atoms with Gasteiger partial charge in [0.05, 0.1) is 22.8 Å². The summed E-state index contributed by atoms with van der Waals surface area (Å²) in [6.07, 6.45) is 4.35. The second-order valence-electron chi connectivity index (χ2n) is 6.38. The van der Waals surface area contributed by atoms with Gasteiger partial charge in [-0.2, -0.15) is 5.26 Å². The predicted molar refractivity (Wildman–Crippen MR) is 96.1 cm³/mol. The van der Waals surface area contributed by atoms with E-state index in [9.17, 15) is 5.26 Å². The van der Waals surface area contributed by atoms with Gasteiger partial charge >= 0.3 is 0 Å². The topological polar surface area (TPSA) is 75.6 Å². The zero-order valence-corrected chi connectivity index (χ0v) is 13.9. The van der Waals surface area contributed by atoms with E-state index < -0.39 is 0 Å². The van der Waals surface area contributed by atoms with E-state index >= 15 is 0 Å². The summed E-state index contributed by atoms with van der Waals surface area (Å²) in [6, 6.07) is 13.7. The fraction of sp³-hybridized carbons (Fsp3) is 0.250.